The predicted molar refractivity (Wildman–Crippen MR) is 90.6 cm³/mol. The van der Waals surface area contributed by atoms with Gasteiger partial charge in [0.25, 0.3) is 10.1 Å². The van der Waals surface area contributed by atoms with Gasteiger partial charge in [0, 0.05) is 22.7 Å². The van der Waals surface area contributed by atoms with E-state index in [0.29, 0.717) is 12.7 Å². The summed E-state index contributed by atoms with van der Waals surface area (Å²) in [5, 5.41) is 10.0. The molecule has 25 heavy (non-hydrogen) atoms. The number of unbranched alkanes of at least 4 members (excludes halogenated alkanes) is 2. The molecule has 0 spiro atoms. The number of nitrogens with two attached hydrogens (primary N) is 1. The van der Waals surface area contributed by atoms with Gasteiger partial charge in [-0.3, -0.25) is 4.55 Å². The third-order valence-corrected chi connectivity index (χ3v) is 2.98. The van der Waals surface area contributed by atoms with E-state index in [1.54, 1.807) is 0 Å². The normalized spacial score (nSPS) is 13.8. The third kappa shape index (κ3) is 8.45. The molecule has 0 aromatic heterocycles. The van der Waals surface area contributed by atoms with Gasteiger partial charge in [0.1, 0.15) is 0 Å². The standard InChI is InChI=1S/C14H15ClF3NO.CH4O3S/c1-2-3-4-5-8-13(20,14(16,17)18)11-9-10(15)6-7-12(11)19;1-5(2,3)4/h6-7,9,20H,2-4,19H2,1H3;1H3,(H,2,3,4)/t13-;/m1./s1. The molecule has 0 saturated carbocycles. The van der Waals surface area contributed by atoms with Crippen LogP contribution in [0.3, 0.4) is 0 Å². The van der Waals surface area contributed by atoms with E-state index in [0.717, 1.165) is 12.5 Å². The maximum atomic E-state index is 13.2. The topological polar surface area (TPSA) is 101 Å². The van der Waals surface area contributed by atoms with Crippen molar-refractivity contribution in [2.75, 3.05) is 12.0 Å². The zero-order valence-electron chi connectivity index (χ0n) is 13.6. The van der Waals surface area contributed by atoms with Crippen LogP contribution in [0.2, 0.25) is 5.02 Å². The van der Waals surface area contributed by atoms with Gasteiger partial charge in [0.15, 0.2) is 0 Å². The van der Waals surface area contributed by atoms with Gasteiger partial charge >= 0.3 is 6.18 Å². The molecular weight excluding hydrogens is 383 g/mol. The quantitative estimate of drug-likeness (QED) is 0.312. The Morgan fingerprint density at radius 3 is 2.28 bits per heavy atom. The van der Waals surface area contributed by atoms with Gasteiger partial charge in [-0.15, -0.1) is 0 Å². The Balaban J connectivity index is 0.00000101. The summed E-state index contributed by atoms with van der Waals surface area (Å²) in [6.45, 7) is 1.90. The van der Waals surface area contributed by atoms with Crippen LogP contribution in [0.5, 0.6) is 0 Å². The molecule has 1 rings (SSSR count). The van der Waals surface area contributed by atoms with Crippen LogP contribution >= 0.6 is 11.6 Å². The number of benzene rings is 1. The van der Waals surface area contributed by atoms with Crippen molar-refractivity contribution in [2.24, 2.45) is 0 Å². The summed E-state index contributed by atoms with van der Waals surface area (Å²) in [5.74, 6) is 4.26. The first-order valence-corrected chi connectivity index (χ1v) is 9.22. The lowest BCUT2D eigenvalue weighted by atomic mass is 9.92. The molecule has 0 saturated heterocycles. The lowest BCUT2D eigenvalue weighted by molar-refractivity contribution is -0.240. The average molecular weight is 402 g/mol. The minimum Gasteiger partial charge on any atom is -0.398 e. The summed E-state index contributed by atoms with van der Waals surface area (Å²) in [7, 11) is -3.67. The minimum absolute atomic E-state index is 0.0484. The first kappa shape index (κ1) is 23.5. The van der Waals surface area contributed by atoms with Gasteiger partial charge in [-0.25, -0.2) is 0 Å². The third-order valence-electron chi connectivity index (χ3n) is 2.74. The molecule has 0 aliphatic heterocycles. The van der Waals surface area contributed by atoms with E-state index in [-0.39, 0.29) is 17.1 Å². The number of alkyl halides is 3. The summed E-state index contributed by atoms with van der Waals surface area (Å²) in [6.07, 6.45) is -2.52. The molecule has 0 unspecified atom stereocenters. The maximum Gasteiger partial charge on any atom is 0.433 e. The van der Waals surface area contributed by atoms with Crippen LogP contribution in [0, 0.1) is 11.8 Å². The molecule has 0 radical (unpaired) electrons. The van der Waals surface area contributed by atoms with Crippen LogP contribution in [-0.4, -0.2) is 30.5 Å². The van der Waals surface area contributed by atoms with Gasteiger partial charge in [-0.1, -0.05) is 36.8 Å². The van der Waals surface area contributed by atoms with E-state index >= 15 is 0 Å². The number of rotatable bonds is 3. The SMILES string of the molecule is CCCCC#C[C@@](O)(c1cc(Cl)ccc1N)C(F)(F)F.CS(=O)(=O)O. The number of aliphatic hydroxyl groups is 1. The van der Waals surface area contributed by atoms with Crippen molar-refractivity contribution in [2.45, 2.75) is 38.0 Å². The number of halogens is 4. The largest absolute Gasteiger partial charge is 0.433 e. The number of nitrogen functional groups attached to an aromatic ring is 1. The molecule has 0 fully saturated rings. The summed E-state index contributed by atoms with van der Waals surface area (Å²) in [5.41, 5.74) is 1.46. The summed E-state index contributed by atoms with van der Waals surface area (Å²) in [4.78, 5) is 0. The van der Waals surface area contributed by atoms with E-state index < -0.39 is 27.5 Å². The lowest BCUT2D eigenvalue weighted by Crippen LogP contribution is -2.41. The molecule has 0 amide bonds. The van der Waals surface area contributed by atoms with Crippen molar-refractivity contribution in [3.8, 4) is 11.8 Å². The van der Waals surface area contributed by atoms with Gasteiger partial charge in [0.05, 0.1) is 6.26 Å². The smallest absolute Gasteiger partial charge is 0.398 e. The zero-order valence-corrected chi connectivity index (χ0v) is 15.1. The second-order valence-corrected chi connectivity index (χ2v) is 6.98. The Morgan fingerprint density at radius 1 is 1.32 bits per heavy atom. The molecule has 142 valence electrons. The molecule has 5 nitrogen and oxygen atoms in total. The van der Waals surface area contributed by atoms with Crippen LogP contribution in [0.1, 0.15) is 31.7 Å². The highest BCUT2D eigenvalue weighted by Crippen LogP contribution is 2.41. The summed E-state index contributed by atoms with van der Waals surface area (Å²) in [6, 6.07) is 3.54. The van der Waals surface area contributed by atoms with E-state index in [1.165, 1.54) is 12.1 Å². The Hall–Kier alpha value is -1.47. The fourth-order valence-corrected chi connectivity index (χ4v) is 1.76. The molecule has 0 aliphatic carbocycles. The van der Waals surface area contributed by atoms with E-state index in [2.05, 4.69) is 5.92 Å². The monoisotopic (exact) mass is 401 g/mol. The molecule has 4 N–H and O–H groups in total. The zero-order chi connectivity index (χ0) is 19.9. The molecule has 0 heterocycles. The van der Waals surface area contributed by atoms with Gasteiger partial charge < -0.3 is 10.8 Å². The summed E-state index contributed by atoms with van der Waals surface area (Å²) >= 11 is 5.67. The fraction of sp³-hybridized carbons (Fsp3) is 0.467. The Bertz CT molecular complexity index is 733. The van der Waals surface area contributed by atoms with Crippen LogP contribution in [0.15, 0.2) is 18.2 Å². The maximum absolute atomic E-state index is 13.2. The lowest BCUT2D eigenvalue weighted by Gasteiger charge is -2.27. The molecule has 0 bridgehead atoms. The molecule has 1 atom stereocenters. The van der Waals surface area contributed by atoms with Crippen LogP contribution in [0.25, 0.3) is 0 Å². The Kier molecular flexibility index (Phi) is 8.74. The van der Waals surface area contributed by atoms with Crippen molar-refractivity contribution in [1.29, 1.82) is 0 Å². The van der Waals surface area contributed by atoms with Crippen LogP contribution < -0.4 is 5.73 Å². The van der Waals surface area contributed by atoms with Crippen molar-refractivity contribution in [3.63, 3.8) is 0 Å². The number of anilines is 1. The van der Waals surface area contributed by atoms with Crippen molar-refractivity contribution in [3.05, 3.63) is 28.8 Å². The highest BCUT2D eigenvalue weighted by atomic mass is 35.5. The summed E-state index contributed by atoms with van der Waals surface area (Å²) < 4.78 is 65.3. The molecule has 0 aliphatic rings. The van der Waals surface area contributed by atoms with Crippen molar-refractivity contribution >= 4 is 27.4 Å². The fourth-order valence-electron chi connectivity index (χ4n) is 1.59. The molecule has 1 aromatic carbocycles. The molecule has 1 aromatic rings. The first-order chi connectivity index (χ1) is 11.2. The van der Waals surface area contributed by atoms with E-state index in [1.807, 2.05) is 12.8 Å². The Morgan fingerprint density at radius 2 is 1.84 bits per heavy atom. The van der Waals surface area contributed by atoms with E-state index in [9.17, 15) is 26.7 Å². The van der Waals surface area contributed by atoms with Crippen molar-refractivity contribution in [1.82, 2.24) is 0 Å². The number of hydrogen-bond acceptors (Lipinski definition) is 4. The second-order valence-electron chi connectivity index (χ2n) is 5.08. The van der Waals surface area contributed by atoms with Gasteiger partial charge in [0.2, 0.25) is 5.60 Å². The van der Waals surface area contributed by atoms with E-state index in [4.69, 9.17) is 21.9 Å². The Labute approximate surface area is 149 Å². The first-order valence-electron chi connectivity index (χ1n) is 6.99. The van der Waals surface area contributed by atoms with Crippen LogP contribution in [-0.2, 0) is 15.7 Å². The minimum atomic E-state index is -4.97. The predicted octanol–water partition coefficient (Wildman–Crippen LogP) is 3.37. The van der Waals surface area contributed by atoms with Gasteiger partial charge in [-0.05, 0) is 24.6 Å². The average Bonchev–Trinajstić information content (AvgIpc) is 2.43. The molecule has 10 heteroatoms. The second kappa shape index (κ2) is 9.29. The van der Waals surface area contributed by atoms with Crippen molar-refractivity contribution < 1.29 is 31.2 Å². The number of hydrogen-bond donors (Lipinski definition) is 3. The van der Waals surface area contributed by atoms with Crippen LogP contribution in [0.4, 0.5) is 18.9 Å². The highest BCUT2D eigenvalue weighted by Gasteiger charge is 2.55. The van der Waals surface area contributed by atoms with Gasteiger partial charge in [-0.2, -0.15) is 21.6 Å². The highest BCUT2D eigenvalue weighted by molar-refractivity contribution is 7.85. The molecular formula is C15H19ClF3NO4S.